The van der Waals surface area contributed by atoms with Gasteiger partial charge in [0.15, 0.2) is 0 Å². The highest BCUT2D eigenvalue weighted by Crippen LogP contribution is 2.46. The molecule has 0 amide bonds. The number of methoxy groups -OCH3 is 2. The second-order valence-corrected chi connectivity index (χ2v) is 6.28. The van der Waals surface area contributed by atoms with Crippen molar-refractivity contribution in [2.75, 3.05) is 20.8 Å². The van der Waals surface area contributed by atoms with Gasteiger partial charge >= 0.3 is 0 Å². The molecule has 0 radical (unpaired) electrons. The molecule has 4 heteroatoms. The molecular formula is C17H25NO3. The second-order valence-electron chi connectivity index (χ2n) is 6.28. The smallest absolute Gasteiger partial charge is 0.122 e. The molecule has 2 N–H and O–H groups in total. The summed E-state index contributed by atoms with van der Waals surface area (Å²) in [6, 6.07) is 6.17. The van der Waals surface area contributed by atoms with Crippen LogP contribution in [0.4, 0.5) is 0 Å². The van der Waals surface area contributed by atoms with Crippen molar-refractivity contribution in [3.8, 4) is 11.5 Å². The van der Waals surface area contributed by atoms with Gasteiger partial charge in [-0.25, -0.2) is 0 Å². The summed E-state index contributed by atoms with van der Waals surface area (Å²) in [6.45, 7) is 0.858. The molecule has 3 unspecified atom stereocenters. The van der Waals surface area contributed by atoms with Crippen LogP contribution in [0.2, 0.25) is 0 Å². The molecule has 1 aliphatic heterocycles. The highest BCUT2D eigenvalue weighted by atomic mass is 16.5. The molecule has 3 atom stereocenters. The molecule has 1 saturated carbocycles. The van der Waals surface area contributed by atoms with Crippen molar-refractivity contribution in [3.63, 3.8) is 0 Å². The van der Waals surface area contributed by atoms with E-state index >= 15 is 0 Å². The van der Waals surface area contributed by atoms with Crippen LogP contribution in [0.5, 0.6) is 11.5 Å². The molecule has 3 rings (SSSR count). The minimum absolute atomic E-state index is 0.174. The summed E-state index contributed by atoms with van der Waals surface area (Å²) >= 11 is 0. The van der Waals surface area contributed by atoms with Crippen LogP contribution in [0, 0.1) is 5.92 Å². The molecule has 0 bridgehead atoms. The third kappa shape index (κ3) is 2.74. The Morgan fingerprint density at radius 3 is 2.48 bits per heavy atom. The van der Waals surface area contributed by atoms with Crippen LogP contribution >= 0.6 is 0 Å². The molecule has 1 aromatic rings. The lowest BCUT2D eigenvalue weighted by Crippen LogP contribution is -2.53. The van der Waals surface area contributed by atoms with Gasteiger partial charge in [-0.05, 0) is 43.5 Å². The van der Waals surface area contributed by atoms with Gasteiger partial charge in [0.1, 0.15) is 11.5 Å². The SMILES string of the molecule is COc1cc(OC)cc(C2NCCC3(O)CCCCC23)c1. The fourth-order valence-corrected chi connectivity index (χ4v) is 3.98. The standard InChI is InChI=1S/C17H25NO3/c1-20-13-9-12(10-14(11-13)21-2)16-15-5-3-4-6-17(15,19)7-8-18-16/h9-11,15-16,18-19H,3-8H2,1-2H3. The van der Waals surface area contributed by atoms with Gasteiger partial charge in [-0.15, -0.1) is 0 Å². The van der Waals surface area contributed by atoms with Crippen LogP contribution in [-0.4, -0.2) is 31.5 Å². The summed E-state index contributed by atoms with van der Waals surface area (Å²) in [6.07, 6.45) is 5.20. The summed E-state index contributed by atoms with van der Waals surface area (Å²) in [5.74, 6) is 1.88. The molecule has 1 aliphatic carbocycles. The van der Waals surface area contributed by atoms with Crippen molar-refractivity contribution in [3.05, 3.63) is 23.8 Å². The third-order valence-electron chi connectivity index (χ3n) is 5.12. The highest BCUT2D eigenvalue weighted by molar-refractivity contribution is 5.40. The normalized spacial score (nSPS) is 32.3. The summed E-state index contributed by atoms with van der Waals surface area (Å²) < 4.78 is 10.8. The lowest BCUT2D eigenvalue weighted by atomic mass is 9.67. The van der Waals surface area contributed by atoms with Crippen LogP contribution in [0.1, 0.15) is 43.7 Å². The predicted molar refractivity (Wildman–Crippen MR) is 81.8 cm³/mol. The highest BCUT2D eigenvalue weighted by Gasteiger charge is 2.45. The monoisotopic (exact) mass is 291 g/mol. The molecule has 2 aliphatic rings. The lowest BCUT2D eigenvalue weighted by molar-refractivity contribution is -0.0861. The van der Waals surface area contributed by atoms with Gasteiger partial charge in [0, 0.05) is 18.0 Å². The van der Waals surface area contributed by atoms with E-state index in [0.29, 0.717) is 0 Å². The first-order chi connectivity index (χ1) is 10.2. The van der Waals surface area contributed by atoms with E-state index in [1.807, 2.05) is 6.07 Å². The Morgan fingerprint density at radius 2 is 1.81 bits per heavy atom. The summed E-state index contributed by atoms with van der Waals surface area (Å²) in [4.78, 5) is 0. The Balaban J connectivity index is 1.94. The van der Waals surface area contributed by atoms with Crippen molar-refractivity contribution >= 4 is 0 Å². The number of benzene rings is 1. The number of rotatable bonds is 3. The molecule has 2 fully saturated rings. The first-order valence-corrected chi connectivity index (χ1v) is 7.85. The van der Waals surface area contributed by atoms with E-state index in [2.05, 4.69) is 17.4 Å². The molecule has 0 aromatic heterocycles. The van der Waals surface area contributed by atoms with E-state index in [4.69, 9.17) is 9.47 Å². The fraction of sp³-hybridized carbons (Fsp3) is 0.647. The van der Waals surface area contributed by atoms with Gasteiger partial charge in [-0.3, -0.25) is 0 Å². The molecule has 0 spiro atoms. The number of ether oxygens (including phenoxy) is 2. The van der Waals surface area contributed by atoms with E-state index in [9.17, 15) is 5.11 Å². The summed E-state index contributed by atoms with van der Waals surface area (Å²) in [7, 11) is 3.34. The Hall–Kier alpha value is -1.26. The largest absolute Gasteiger partial charge is 0.497 e. The van der Waals surface area contributed by atoms with Crippen molar-refractivity contribution in [2.24, 2.45) is 5.92 Å². The van der Waals surface area contributed by atoms with Gasteiger partial charge in [0.25, 0.3) is 0 Å². The van der Waals surface area contributed by atoms with E-state index in [1.165, 1.54) is 6.42 Å². The quantitative estimate of drug-likeness (QED) is 0.899. The van der Waals surface area contributed by atoms with Gasteiger partial charge in [0.2, 0.25) is 0 Å². The summed E-state index contributed by atoms with van der Waals surface area (Å²) in [5, 5.41) is 14.6. The van der Waals surface area contributed by atoms with Crippen LogP contribution < -0.4 is 14.8 Å². The molecule has 1 heterocycles. The van der Waals surface area contributed by atoms with Gasteiger partial charge in [-0.2, -0.15) is 0 Å². The second kappa shape index (κ2) is 5.85. The van der Waals surface area contributed by atoms with Crippen LogP contribution in [0.25, 0.3) is 0 Å². The van der Waals surface area contributed by atoms with Crippen LogP contribution in [0.15, 0.2) is 18.2 Å². The van der Waals surface area contributed by atoms with E-state index in [-0.39, 0.29) is 12.0 Å². The Bertz CT molecular complexity index is 479. The first kappa shape index (κ1) is 14.7. The number of piperidine rings is 1. The maximum atomic E-state index is 11.0. The molecule has 21 heavy (non-hydrogen) atoms. The van der Waals surface area contributed by atoms with Crippen molar-refractivity contribution < 1.29 is 14.6 Å². The van der Waals surface area contributed by atoms with Gasteiger partial charge in [0.05, 0.1) is 19.8 Å². The van der Waals surface area contributed by atoms with Crippen LogP contribution in [0.3, 0.4) is 0 Å². The Labute approximate surface area is 126 Å². The number of hydrogen-bond acceptors (Lipinski definition) is 4. The zero-order chi connectivity index (χ0) is 14.9. The zero-order valence-corrected chi connectivity index (χ0v) is 12.9. The van der Waals surface area contributed by atoms with Crippen molar-refractivity contribution in [1.82, 2.24) is 5.32 Å². The van der Waals surface area contributed by atoms with E-state index in [0.717, 1.165) is 49.3 Å². The molecule has 116 valence electrons. The van der Waals surface area contributed by atoms with Gasteiger partial charge < -0.3 is 19.9 Å². The minimum atomic E-state index is -0.509. The first-order valence-electron chi connectivity index (χ1n) is 7.85. The van der Waals surface area contributed by atoms with Crippen molar-refractivity contribution in [2.45, 2.75) is 43.7 Å². The molecule has 4 nitrogen and oxygen atoms in total. The minimum Gasteiger partial charge on any atom is -0.497 e. The maximum absolute atomic E-state index is 11.0. The topological polar surface area (TPSA) is 50.7 Å². The van der Waals surface area contributed by atoms with E-state index in [1.54, 1.807) is 14.2 Å². The average molecular weight is 291 g/mol. The number of aliphatic hydroxyl groups is 1. The average Bonchev–Trinajstić information content (AvgIpc) is 2.53. The Morgan fingerprint density at radius 1 is 1.10 bits per heavy atom. The third-order valence-corrected chi connectivity index (χ3v) is 5.12. The van der Waals surface area contributed by atoms with E-state index < -0.39 is 5.60 Å². The lowest BCUT2D eigenvalue weighted by Gasteiger charge is -2.48. The molecular weight excluding hydrogens is 266 g/mol. The maximum Gasteiger partial charge on any atom is 0.122 e. The summed E-state index contributed by atoms with van der Waals surface area (Å²) in [5.41, 5.74) is 0.640. The fourth-order valence-electron chi connectivity index (χ4n) is 3.98. The number of nitrogens with one attached hydrogen (secondary N) is 1. The molecule has 1 aromatic carbocycles. The number of fused-ring (bicyclic) bond motifs is 1. The van der Waals surface area contributed by atoms with Crippen molar-refractivity contribution in [1.29, 1.82) is 0 Å². The molecule has 1 saturated heterocycles. The predicted octanol–water partition coefficient (Wildman–Crippen LogP) is 2.66. The Kier molecular flexibility index (Phi) is 4.09. The zero-order valence-electron chi connectivity index (χ0n) is 12.9. The van der Waals surface area contributed by atoms with Gasteiger partial charge in [-0.1, -0.05) is 12.8 Å². The van der Waals surface area contributed by atoms with Crippen LogP contribution in [-0.2, 0) is 0 Å². The number of hydrogen-bond donors (Lipinski definition) is 2.